The minimum atomic E-state index is -2.04. The average Bonchev–Trinajstić information content (AvgIpc) is 3.87. The van der Waals surface area contributed by atoms with Crippen molar-refractivity contribution < 1.29 is 78.4 Å². The van der Waals surface area contributed by atoms with Gasteiger partial charge >= 0.3 is 6.09 Å². The number of amides is 7. The number of aliphatic hydroxyl groups is 6. The molecule has 3 saturated heterocycles. The Kier molecular flexibility index (Phi) is 19.9. The SMILES string of the molecule is [C-]#[N+]C[C@@H](O)[C@@H]1NC(=O)[C@H]([C@H](O)Cc2ccc(OCc3ccccc3)c(OCC)c2)NC(=O)[C@@H]2C[C@@H](O)CN2C(=O)[C@H]([C@@H](C)O)NC(=O)[C@@H](NC(=O)OC(C)(C)C)C[C@@H](O)CNC(=O)[C@@H]2[C@@H](O)[C@@H](C)CN2C1=O. The summed E-state index contributed by atoms with van der Waals surface area (Å²) in [6.07, 6.45) is -12.7. The van der Waals surface area contributed by atoms with Crippen LogP contribution in [0.15, 0.2) is 48.5 Å². The summed E-state index contributed by atoms with van der Waals surface area (Å²) in [5, 5.41) is 79.4. The van der Waals surface area contributed by atoms with E-state index in [0.29, 0.717) is 11.3 Å². The first-order chi connectivity index (χ1) is 34.4. The Hall–Kier alpha value is -6.62. The molecule has 73 heavy (non-hydrogen) atoms. The highest BCUT2D eigenvalue weighted by Crippen LogP contribution is 2.31. The van der Waals surface area contributed by atoms with Crippen molar-refractivity contribution in [2.24, 2.45) is 5.92 Å². The number of benzene rings is 2. The Labute approximate surface area is 422 Å². The summed E-state index contributed by atoms with van der Waals surface area (Å²) in [5.41, 5.74) is 0.159. The summed E-state index contributed by atoms with van der Waals surface area (Å²) in [4.78, 5) is 104. The van der Waals surface area contributed by atoms with Gasteiger partial charge in [-0.25, -0.2) is 11.4 Å². The highest BCUT2D eigenvalue weighted by molar-refractivity contribution is 5.98. The first kappa shape index (κ1) is 57.3. The number of rotatable bonds is 12. The van der Waals surface area contributed by atoms with Crippen LogP contribution in [0.3, 0.4) is 0 Å². The molecular formula is C49H68N8O16. The van der Waals surface area contributed by atoms with Crippen molar-refractivity contribution in [3.05, 3.63) is 71.1 Å². The molecule has 3 aliphatic heterocycles. The highest BCUT2D eigenvalue weighted by Gasteiger charge is 2.50. The minimum Gasteiger partial charge on any atom is -0.490 e. The van der Waals surface area contributed by atoms with Gasteiger partial charge in [0.05, 0.1) is 37.1 Å². The molecule has 2 aromatic rings. The molecule has 0 bridgehead atoms. The molecule has 24 heteroatoms. The molecule has 3 heterocycles. The van der Waals surface area contributed by atoms with Crippen molar-refractivity contribution in [3.63, 3.8) is 0 Å². The van der Waals surface area contributed by atoms with Crippen LogP contribution in [-0.4, -0.2) is 193 Å². The average molecular weight is 1030 g/mol. The van der Waals surface area contributed by atoms with Gasteiger partial charge in [0.25, 0.3) is 0 Å². The molecule has 2 aromatic carbocycles. The van der Waals surface area contributed by atoms with Crippen molar-refractivity contribution in [2.45, 2.75) is 146 Å². The summed E-state index contributed by atoms with van der Waals surface area (Å²) in [7, 11) is 0. The standard InChI is InChI=1S/C49H68N8O16/c1-8-71-36-17-28(14-15-35(36)72-24-27-12-10-9-11-13-27)16-33(61)38-44(66)55-39(34(62)21-50-7)47(69)57-22-25(2)41(63)40(57)45(67)51-20-29(59)18-31(52-48(70)73-49(4,5)6)42(64)53-37(26(3)58)46(68)56-23-30(60)19-32(56)43(65)54-38/h9-15,17,25-26,29-34,37-41,58-63H,8,16,18-24H2,1-6H3,(H,51,67)(H,52,70)(H,53,64)(H,54,65)(H,55,66)/t25-,26+,29+,30+,31-,32-,33+,34+,37-,38-,39-,40-,41-/m0/s1. The van der Waals surface area contributed by atoms with E-state index in [2.05, 4.69) is 31.4 Å². The van der Waals surface area contributed by atoms with Crippen LogP contribution >= 0.6 is 0 Å². The van der Waals surface area contributed by atoms with Crippen molar-refractivity contribution in [1.82, 2.24) is 36.4 Å². The van der Waals surface area contributed by atoms with E-state index in [1.54, 1.807) is 45.9 Å². The van der Waals surface area contributed by atoms with Gasteiger partial charge in [0, 0.05) is 44.8 Å². The maximum atomic E-state index is 14.6. The molecular weight excluding hydrogens is 957 g/mol. The zero-order valence-electron chi connectivity index (χ0n) is 41.6. The van der Waals surface area contributed by atoms with Crippen LogP contribution in [-0.2, 0) is 46.5 Å². The number of carbonyl (C=O) groups is 7. The maximum absolute atomic E-state index is 14.6. The second-order valence-corrected chi connectivity index (χ2v) is 19.5. The summed E-state index contributed by atoms with van der Waals surface area (Å²) >= 11 is 0. The van der Waals surface area contributed by atoms with Crippen LogP contribution in [0.25, 0.3) is 4.85 Å². The number of carbonyl (C=O) groups excluding carboxylic acids is 7. The molecule has 3 aliphatic rings. The molecule has 13 atom stereocenters. The normalized spacial score (nSPS) is 28.1. The first-order valence-electron chi connectivity index (χ1n) is 24.1. The van der Waals surface area contributed by atoms with E-state index in [1.165, 1.54) is 6.92 Å². The van der Waals surface area contributed by atoms with Gasteiger partial charge in [-0.1, -0.05) is 43.3 Å². The van der Waals surface area contributed by atoms with E-state index in [9.17, 15) is 64.2 Å². The monoisotopic (exact) mass is 1020 g/mol. The molecule has 0 spiro atoms. The summed E-state index contributed by atoms with van der Waals surface area (Å²) in [6, 6.07) is 3.00. The third kappa shape index (κ3) is 15.2. The topological polar surface area (TPSA) is 340 Å². The Morgan fingerprint density at radius 2 is 1.45 bits per heavy atom. The van der Waals surface area contributed by atoms with Gasteiger partial charge in [-0.15, -0.1) is 0 Å². The predicted octanol–water partition coefficient (Wildman–Crippen LogP) is -2.37. The van der Waals surface area contributed by atoms with E-state index >= 15 is 0 Å². The van der Waals surface area contributed by atoms with Crippen molar-refractivity contribution in [1.29, 1.82) is 0 Å². The number of ether oxygens (including phenoxy) is 3. The lowest BCUT2D eigenvalue weighted by Crippen LogP contribution is -2.64. The second-order valence-electron chi connectivity index (χ2n) is 19.5. The summed E-state index contributed by atoms with van der Waals surface area (Å²) in [5.74, 6) is -6.98. The molecule has 11 N–H and O–H groups in total. The van der Waals surface area contributed by atoms with Crippen molar-refractivity contribution in [2.75, 3.05) is 32.8 Å². The molecule has 0 radical (unpaired) electrons. The minimum absolute atomic E-state index is 0.186. The quantitative estimate of drug-likeness (QED) is 0.0990. The number of nitrogens with zero attached hydrogens (tertiary/aromatic N) is 3. The van der Waals surface area contributed by atoms with Crippen molar-refractivity contribution >= 4 is 41.5 Å². The molecule has 0 aliphatic carbocycles. The summed E-state index contributed by atoms with van der Waals surface area (Å²) < 4.78 is 17.2. The number of nitrogens with one attached hydrogen (secondary N) is 5. The van der Waals surface area contributed by atoms with Gasteiger partial charge in [-0.3, -0.25) is 28.8 Å². The maximum Gasteiger partial charge on any atom is 0.408 e. The molecule has 5 rings (SSSR count). The van der Waals surface area contributed by atoms with E-state index in [-0.39, 0.29) is 25.5 Å². The third-order valence-corrected chi connectivity index (χ3v) is 12.4. The van der Waals surface area contributed by atoms with Gasteiger partial charge in [0.2, 0.25) is 42.0 Å². The molecule has 0 unspecified atom stereocenters. The first-order valence-corrected chi connectivity index (χ1v) is 24.1. The van der Waals surface area contributed by atoms with Crippen molar-refractivity contribution in [3.8, 4) is 11.5 Å². The largest absolute Gasteiger partial charge is 0.490 e. The van der Waals surface area contributed by atoms with Gasteiger partial charge in [-0.2, -0.15) is 0 Å². The molecule has 7 amide bonds. The van der Waals surface area contributed by atoms with E-state index in [4.69, 9.17) is 20.8 Å². The fraction of sp³-hybridized carbons (Fsp3) is 0.592. The smallest absolute Gasteiger partial charge is 0.408 e. The van der Waals surface area contributed by atoms with E-state index in [1.807, 2.05) is 30.3 Å². The number of fused-ring (bicyclic) bond motifs is 2. The van der Waals surface area contributed by atoms with Crippen LogP contribution in [0.1, 0.15) is 65.5 Å². The van der Waals surface area contributed by atoms with Gasteiger partial charge in [0.15, 0.2) is 17.6 Å². The zero-order valence-corrected chi connectivity index (χ0v) is 41.6. The zero-order chi connectivity index (χ0) is 53.9. The van der Waals surface area contributed by atoms with Gasteiger partial charge in [0.1, 0.15) is 48.5 Å². The van der Waals surface area contributed by atoms with Crippen LogP contribution in [0.5, 0.6) is 11.5 Å². The third-order valence-electron chi connectivity index (χ3n) is 12.4. The fourth-order valence-electron chi connectivity index (χ4n) is 8.73. The molecule has 0 aromatic heterocycles. The number of hydrogen-bond acceptors (Lipinski definition) is 16. The van der Waals surface area contributed by atoms with Gasteiger partial charge < -0.3 is 86.1 Å². The lowest BCUT2D eigenvalue weighted by molar-refractivity contribution is -0.147. The van der Waals surface area contributed by atoms with E-state index < -0.39 is 165 Å². The fourth-order valence-corrected chi connectivity index (χ4v) is 8.73. The van der Waals surface area contributed by atoms with E-state index in [0.717, 1.165) is 22.3 Å². The Morgan fingerprint density at radius 1 is 0.795 bits per heavy atom. The van der Waals surface area contributed by atoms with Crippen LogP contribution in [0.4, 0.5) is 4.79 Å². The molecule has 3 fully saturated rings. The Morgan fingerprint density at radius 3 is 2.10 bits per heavy atom. The molecule has 24 nitrogen and oxygen atoms in total. The Bertz CT molecular complexity index is 2330. The lowest BCUT2D eigenvalue weighted by Gasteiger charge is -2.33. The summed E-state index contributed by atoms with van der Waals surface area (Å²) in [6.45, 7) is 14.6. The van der Waals surface area contributed by atoms with Gasteiger partial charge in [-0.05, 0) is 57.9 Å². The van der Waals surface area contributed by atoms with Crippen LogP contribution in [0, 0.1) is 12.5 Å². The second kappa shape index (κ2) is 25.4. The highest BCUT2D eigenvalue weighted by atomic mass is 16.6. The number of β-amino-alcohol motifs (C(OH)–C–C–N with tert-alkyl or cyclic N) is 1. The number of alkyl carbamates (subject to hydrolysis) is 1. The molecule has 0 saturated carbocycles. The lowest BCUT2D eigenvalue weighted by atomic mass is 9.99. The number of hydrogen-bond donors (Lipinski definition) is 11. The van der Waals surface area contributed by atoms with Crippen LogP contribution < -0.4 is 36.1 Å². The molecule has 400 valence electrons. The van der Waals surface area contributed by atoms with Crippen LogP contribution in [0.2, 0.25) is 0 Å². The predicted molar refractivity (Wildman–Crippen MR) is 257 cm³/mol. The number of aliphatic hydroxyl groups excluding tert-OH is 6. The Balaban J connectivity index is 1.57.